The van der Waals surface area contributed by atoms with Crippen molar-refractivity contribution in [2.45, 2.75) is 6.54 Å². The van der Waals surface area contributed by atoms with E-state index in [4.69, 9.17) is 16.3 Å². The number of rotatable bonds is 7. The van der Waals surface area contributed by atoms with E-state index >= 15 is 0 Å². The van der Waals surface area contributed by atoms with Gasteiger partial charge in [0.25, 0.3) is 0 Å². The van der Waals surface area contributed by atoms with Crippen LogP contribution in [0.5, 0.6) is 5.75 Å². The Morgan fingerprint density at radius 3 is 2.41 bits per heavy atom. The molecule has 2 aromatic carbocycles. The maximum absolute atomic E-state index is 11.9. The van der Waals surface area contributed by atoms with E-state index in [1.807, 2.05) is 47.4 Å². The van der Waals surface area contributed by atoms with Gasteiger partial charge in [0.15, 0.2) is 0 Å². The van der Waals surface area contributed by atoms with Gasteiger partial charge in [0.05, 0.1) is 12.0 Å². The van der Waals surface area contributed by atoms with E-state index < -0.39 is 4.92 Å². The second-order valence-corrected chi connectivity index (χ2v) is 7.68. The van der Waals surface area contributed by atoms with Crippen LogP contribution in [0.2, 0.25) is 5.02 Å². The van der Waals surface area contributed by atoms with Crippen molar-refractivity contribution in [1.29, 1.82) is 0 Å². The highest BCUT2D eigenvalue weighted by molar-refractivity contribution is 6.31. The molecule has 4 rings (SSSR count). The number of aromatic nitrogens is 2. The van der Waals surface area contributed by atoms with Crippen LogP contribution in [-0.2, 0) is 6.54 Å². The maximum atomic E-state index is 11.9. The molecule has 3 aromatic rings. The molecule has 0 saturated carbocycles. The summed E-state index contributed by atoms with van der Waals surface area (Å²) in [5, 5.41) is 15.6. The van der Waals surface area contributed by atoms with E-state index in [0.717, 1.165) is 30.1 Å². The molecule has 10 heteroatoms. The molecule has 9 nitrogen and oxygen atoms in total. The first-order chi connectivity index (χ1) is 15.6. The molecule has 0 bridgehead atoms. The lowest BCUT2D eigenvalue weighted by atomic mass is 10.2. The molecule has 1 N–H and O–H groups in total. The number of nitrogens with zero attached hydrogens (tertiary/aromatic N) is 5. The molecule has 0 unspecified atom stereocenters. The lowest BCUT2D eigenvalue weighted by Gasteiger charge is -2.36. The number of benzene rings is 2. The lowest BCUT2D eigenvalue weighted by molar-refractivity contribution is -0.383. The molecule has 2 heterocycles. The summed E-state index contributed by atoms with van der Waals surface area (Å²) >= 11 is 6.20. The molecule has 0 radical (unpaired) electrons. The van der Waals surface area contributed by atoms with E-state index in [9.17, 15) is 10.1 Å². The quantitative estimate of drug-likeness (QED) is 0.423. The first-order valence-corrected chi connectivity index (χ1v) is 10.5. The van der Waals surface area contributed by atoms with Crippen molar-refractivity contribution in [1.82, 2.24) is 9.97 Å². The number of halogens is 1. The van der Waals surface area contributed by atoms with E-state index in [-0.39, 0.29) is 11.5 Å². The molecule has 1 aliphatic rings. The minimum absolute atomic E-state index is 0.127. The molecule has 1 saturated heterocycles. The maximum Gasteiger partial charge on any atom is 0.353 e. The third-order valence-electron chi connectivity index (χ3n) is 5.41. The highest BCUT2D eigenvalue weighted by Crippen LogP contribution is 2.33. The monoisotopic (exact) mass is 454 g/mol. The smallest absolute Gasteiger partial charge is 0.353 e. The highest BCUT2D eigenvalue weighted by Gasteiger charge is 2.29. The van der Waals surface area contributed by atoms with Crippen LogP contribution < -0.4 is 19.9 Å². The van der Waals surface area contributed by atoms with Gasteiger partial charge in [-0.15, -0.1) is 0 Å². The van der Waals surface area contributed by atoms with E-state index in [0.29, 0.717) is 30.5 Å². The second kappa shape index (κ2) is 9.69. The molecule has 166 valence electrons. The summed E-state index contributed by atoms with van der Waals surface area (Å²) in [5.41, 5.74) is 1.79. The molecule has 0 aliphatic carbocycles. The summed E-state index contributed by atoms with van der Waals surface area (Å²) in [6, 6.07) is 15.2. The molecule has 1 aliphatic heterocycles. The third-order valence-corrected chi connectivity index (χ3v) is 5.78. The summed E-state index contributed by atoms with van der Waals surface area (Å²) in [7, 11) is 1.64. The summed E-state index contributed by atoms with van der Waals surface area (Å²) in [4.78, 5) is 24.0. The van der Waals surface area contributed by atoms with Crippen LogP contribution in [0, 0.1) is 10.1 Å². The second-order valence-electron chi connectivity index (χ2n) is 7.27. The lowest BCUT2D eigenvalue weighted by Crippen LogP contribution is -2.47. The van der Waals surface area contributed by atoms with Crippen molar-refractivity contribution in [3.8, 4) is 5.75 Å². The van der Waals surface area contributed by atoms with Gasteiger partial charge in [-0.25, -0.2) is 9.97 Å². The topological polar surface area (TPSA) is 96.7 Å². The number of hydrogen-bond acceptors (Lipinski definition) is 8. The molecular weight excluding hydrogens is 432 g/mol. The highest BCUT2D eigenvalue weighted by atomic mass is 35.5. The van der Waals surface area contributed by atoms with E-state index in [2.05, 4.69) is 20.2 Å². The molecular formula is C22H23ClN6O3. The number of nitro groups is 1. The Hall–Kier alpha value is -3.59. The predicted molar refractivity (Wildman–Crippen MR) is 125 cm³/mol. The Balaban J connectivity index is 1.49. The zero-order valence-corrected chi connectivity index (χ0v) is 18.3. The number of hydrogen-bond donors (Lipinski definition) is 1. The average Bonchev–Trinajstić information content (AvgIpc) is 2.83. The largest absolute Gasteiger partial charge is 0.497 e. The molecule has 32 heavy (non-hydrogen) atoms. The first kappa shape index (κ1) is 21.6. The summed E-state index contributed by atoms with van der Waals surface area (Å²) in [6.07, 6.45) is 1.35. The Kier molecular flexibility index (Phi) is 6.55. The fourth-order valence-electron chi connectivity index (χ4n) is 3.69. The zero-order chi connectivity index (χ0) is 22.5. The third kappa shape index (κ3) is 4.67. The van der Waals surface area contributed by atoms with Crippen molar-refractivity contribution in [2.75, 3.05) is 48.4 Å². The SMILES string of the molecule is COc1ccc(N2CCN(c3ncnc(NCc4ccccc4Cl)c3[N+](=O)[O-])CC2)cc1. The van der Waals surface area contributed by atoms with Crippen LogP contribution in [0.15, 0.2) is 54.9 Å². The molecule has 1 fully saturated rings. The van der Waals surface area contributed by atoms with Gasteiger partial charge in [0.1, 0.15) is 12.1 Å². The Morgan fingerprint density at radius 1 is 1.06 bits per heavy atom. The van der Waals surface area contributed by atoms with Crippen molar-refractivity contribution in [2.24, 2.45) is 0 Å². The van der Waals surface area contributed by atoms with Crippen LogP contribution in [0.25, 0.3) is 0 Å². The van der Waals surface area contributed by atoms with Crippen molar-refractivity contribution in [3.63, 3.8) is 0 Å². The Morgan fingerprint density at radius 2 is 1.75 bits per heavy atom. The first-order valence-electron chi connectivity index (χ1n) is 10.2. The number of methoxy groups -OCH3 is 1. The number of piperazine rings is 1. The van der Waals surface area contributed by atoms with Crippen LogP contribution in [0.1, 0.15) is 5.56 Å². The predicted octanol–water partition coefficient (Wildman–Crippen LogP) is 3.99. The molecule has 1 aromatic heterocycles. The minimum Gasteiger partial charge on any atom is -0.497 e. The summed E-state index contributed by atoms with van der Waals surface area (Å²) in [5.74, 6) is 1.30. The molecule has 0 amide bonds. The van der Waals surface area contributed by atoms with Crippen molar-refractivity contribution < 1.29 is 9.66 Å². The van der Waals surface area contributed by atoms with Gasteiger partial charge in [0.2, 0.25) is 11.6 Å². The average molecular weight is 455 g/mol. The van der Waals surface area contributed by atoms with Crippen molar-refractivity contribution >= 4 is 34.6 Å². The van der Waals surface area contributed by atoms with Crippen LogP contribution >= 0.6 is 11.6 Å². The standard InChI is InChI=1S/C22H23ClN6O3/c1-32-18-8-6-17(7-9-18)27-10-12-28(13-11-27)22-20(29(30)31)21(25-15-26-22)24-14-16-4-2-3-5-19(16)23/h2-9,15H,10-14H2,1H3,(H,24,25,26). The Labute approximate surface area is 190 Å². The van der Waals surface area contributed by atoms with Crippen LogP contribution in [0.4, 0.5) is 23.0 Å². The van der Waals surface area contributed by atoms with Gasteiger partial charge in [-0.05, 0) is 35.9 Å². The number of nitrogens with one attached hydrogen (secondary N) is 1. The van der Waals surface area contributed by atoms with Gasteiger partial charge >= 0.3 is 5.69 Å². The fraction of sp³-hybridized carbons (Fsp3) is 0.273. The van der Waals surface area contributed by atoms with Gasteiger partial charge in [-0.1, -0.05) is 29.8 Å². The van der Waals surface area contributed by atoms with Gasteiger partial charge in [-0.2, -0.15) is 0 Å². The van der Waals surface area contributed by atoms with Crippen molar-refractivity contribution in [3.05, 3.63) is 75.6 Å². The number of anilines is 3. The summed E-state index contributed by atoms with van der Waals surface area (Å²) in [6.45, 7) is 2.97. The summed E-state index contributed by atoms with van der Waals surface area (Å²) < 4.78 is 5.21. The van der Waals surface area contributed by atoms with Gasteiger partial charge in [0, 0.05) is 43.4 Å². The normalized spacial score (nSPS) is 13.7. The van der Waals surface area contributed by atoms with E-state index in [1.165, 1.54) is 6.33 Å². The van der Waals surface area contributed by atoms with Gasteiger partial charge in [-0.3, -0.25) is 10.1 Å². The van der Waals surface area contributed by atoms with Gasteiger partial charge < -0.3 is 19.9 Å². The minimum atomic E-state index is -0.430. The van der Waals surface area contributed by atoms with E-state index in [1.54, 1.807) is 13.2 Å². The fourth-order valence-corrected chi connectivity index (χ4v) is 3.89. The van der Waals surface area contributed by atoms with Crippen LogP contribution in [0.3, 0.4) is 0 Å². The zero-order valence-electron chi connectivity index (χ0n) is 17.6. The van der Waals surface area contributed by atoms with Crippen LogP contribution in [-0.4, -0.2) is 48.2 Å². The molecule has 0 atom stereocenters. The number of ether oxygens (including phenoxy) is 1. The molecule has 0 spiro atoms. The Bertz CT molecular complexity index is 1090.